The van der Waals surface area contributed by atoms with Crippen molar-refractivity contribution in [3.8, 4) is 0 Å². The van der Waals surface area contributed by atoms with E-state index in [2.05, 4.69) is 17.2 Å². The number of aliphatic carboxylic acids is 1. The number of anilines is 1. The highest BCUT2D eigenvalue weighted by Gasteiger charge is 2.34. The van der Waals surface area contributed by atoms with Gasteiger partial charge >= 0.3 is 5.97 Å². The van der Waals surface area contributed by atoms with Crippen molar-refractivity contribution >= 4 is 28.3 Å². The summed E-state index contributed by atoms with van der Waals surface area (Å²) in [7, 11) is 0. The van der Waals surface area contributed by atoms with Crippen molar-refractivity contribution in [2.24, 2.45) is 0 Å². The summed E-state index contributed by atoms with van der Waals surface area (Å²) in [6.45, 7) is 3.23. The fourth-order valence-electron chi connectivity index (χ4n) is 2.02. The molecule has 1 aromatic heterocycles. The molecule has 0 spiro atoms. The van der Waals surface area contributed by atoms with Crippen LogP contribution in [0.3, 0.4) is 0 Å². The average Bonchev–Trinajstić information content (AvgIpc) is 3.17. The second kappa shape index (κ2) is 7.40. The third-order valence-corrected chi connectivity index (χ3v) is 4.14. The molecule has 1 amide bonds. The van der Waals surface area contributed by atoms with E-state index in [1.54, 1.807) is 10.3 Å². The Bertz CT molecular complexity index is 499. The van der Waals surface area contributed by atoms with E-state index < -0.39 is 5.97 Å². The monoisotopic (exact) mass is 311 g/mol. The van der Waals surface area contributed by atoms with Crippen LogP contribution in [0.15, 0.2) is 5.38 Å². The Morgan fingerprint density at radius 1 is 1.52 bits per heavy atom. The van der Waals surface area contributed by atoms with Crippen molar-refractivity contribution in [3.63, 3.8) is 0 Å². The lowest BCUT2D eigenvalue weighted by Crippen LogP contribution is -2.35. The van der Waals surface area contributed by atoms with Crippen molar-refractivity contribution in [2.45, 2.75) is 45.1 Å². The number of unbranched alkanes of at least 4 members (excludes halogenated alkanes) is 1. The topological polar surface area (TPSA) is 82.5 Å². The van der Waals surface area contributed by atoms with E-state index in [4.69, 9.17) is 5.11 Å². The van der Waals surface area contributed by atoms with E-state index in [1.807, 2.05) is 0 Å². The lowest BCUT2D eigenvalue weighted by atomic mass is 10.3. The quantitative estimate of drug-likeness (QED) is 0.684. The predicted octanol–water partition coefficient (Wildman–Crippen LogP) is 2.43. The first kappa shape index (κ1) is 15.8. The van der Waals surface area contributed by atoms with E-state index in [1.165, 1.54) is 11.3 Å². The summed E-state index contributed by atoms with van der Waals surface area (Å²) in [6.07, 6.45) is 4.06. The number of carboxylic acids is 1. The van der Waals surface area contributed by atoms with E-state index in [0.29, 0.717) is 5.69 Å². The van der Waals surface area contributed by atoms with Crippen molar-refractivity contribution < 1.29 is 14.7 Å². The largest absolute Gasteiger partial charge is 0.481 e. The molecule has 0 saturated heterocycles. The van der Waals surface area contributed by atoms with E-state index in [-0.39, 0.29) is 24.9 Å². The van der Waals surface area contributed by atoms with Crippen LogP contribution in [0.5, 0.6) is 0 Å². The Morgan fingerprint density at radius 2 is 2.29 bits per heavy atom. The first-order chi connectivity index (χ1) is 10.1. The minimum Gasteiger partial charge on any atom is -0.481 e. The molecule has 6 nitrogen and oxygen atoms in total. The number of nitrogens with one attached hydrogen (secondary N) is 1. The molecule has 1 heterocycles. The van der Waals surface area contributed by atoms with Crippen LogP contribution in [-0.4, -0.2) is 46.0 Å². The van der Waals surface area contributed by atoms with Gasteiger partial charge in [0.2, 0.25) is 0 Å². The number of hydrogen-bond acceptors (Lipinski definition) is 5. The van der Waals surface area contributed by atoms with Gasteiger partial charge in [0, 0.05) is 24.5 Å². The first-order valence-corrected chi connectivity index (χ1v) is 8.22. The van der Waals surface area contributed by atoms with Crippen LogP contribution >= 0.6 is 11.3 Å². The summed E-state index contributed by atoms with van der Waals surface area (Å²) in [5, 5.41) is 14.5. The minimum atomic E-state index is -0.881. The van der Waals surface area contributed by atoms with Crippen molar-refractivity contribution in [1.29, 1.82) is 0 Å². The molecular weight excluding hydrogens is 290 g/mol. The summed E-state index contributed by atoms with van der Waals surface area (Å²) in [5.74, 6) is -1.04. The first-order valence-electron chi connectivity index (χ1n) is 7.34. The number of carbonyl (C=O) groups is 2. The van der Waals surface area contributed by atoms with Crippen LogP contribution in [0.25, 0.3) is 0 Å². The summed E-state index contributed by atoms with van der Waals surface area (Å²) >= 11 is 1.42. The van der Waals surface area contributed by atoms with E-state index >= 15 is 0 Å². The number of rotatable bonds is 9. The second-order valence-corrected chi connectivity index (χ2v) is 6.05. The molecule has 2 rings (SSSR count). The van der Waals surface area contributed by atoms with Gasteiger partial charge < -0.3 is 15.3 Å². The van der Waals surface area contributed by atoms with Crippen LogP contribution < -0.4 is 5.32 Å². The van der Waals surface area contributed by atoms with Crippen LogP contribution in [-0.2, 0) is 4.79 Å². The van der Waals surface area contributed by atoms with Crippen molar-refractivity contribution in [2.75, 3.05) is 18.4 Å². The number of nitrogens with zero attached hydrogens (tertiary/aromatic N) is 2. The normalized spacial score (nSPS) is 14.0. The van der Waals surface area contributed by atoms with Gasteiger partial charge in [0.05, 0.1) is 6.42 Å². The van der Waals surface area contributed by atoms with Gasteiger partial charge in [-0.2, -0.15) is 0 Å². The maximum absolute atomic E-state index is 12.4. The van der Waals surface area contributed by atoms with Gasteiger partial charge in [-0.3, -0.25) is 9.59 Å². The zero-order valence-electron chi connectivity index (χ0n) is 12.2. The highest BCUT2D eigenvalue weighted by molar-refractivity contribution is 7.13. The average molecular weight is 311 g/mol. The zero-order chi connectivity index (χ0) is 15.2. The molecule has 0 unspecified atom stereocenters. The molecule has 0 aliphatic heterocycles. The SMILES string of the molecule is CCCCNc1nc(C(=O)N(CCC(=O)O)C2CC2)cs1. The van der Waals surface area contributed by atoms with Crippen molar-refractivity contribution in [1.82, 2.24) is 9.88 Å². The van der Waals surface area contributed by atoms with Crippen molar-refractivity contribution in [3.05, 3.63) is 11.1 Å². The molecule has 0 bridgehead atoms. The van der Waals surface area contributed by atoms with Gasteiger partial charge in [0.25, 0.3) is 5.91 Å². The van der Waals surface area contributed by atoms with Crippen LogP contribution in [0.1, 0.15) is 49.5 Å². The number of thiazole rings is 1. The van der Waals surface area contributed by atoms with Gasteiger partial charge in [-0.05, 0) is 19.3 Å². The number of carboxylic acid groups (broad SMARTS) is 1. The minimum absolute atomic E-state index is 0.0199. The fraction of sp³-hybridized carbons (Fsp3) is 0.643. The Labute approximate surface area is 128 Å². The molecule has 7 heteroatoms. The van der Waals surface area contributed by atoms with Gasteiger partial charge in [0.15, 0.2) is 5.13 Å². The number of hydrogen-bond donors (Lipinski definition) is 2. The summed E-state index contributed by atoms with van der Waals surface area (Å²) in [4.78, 5) is 29.1. The van der Waals surface area contributed by atoms with Gasteiger partial charge in [-0.15, -0.1) is 11.3 Å². The van der Waals surface area contributed by atoms with Gasteiger partial charge in [0.1, 0.15) is 5.69 Å². The highest BCUT2D eigenvalue weighted by Crippen LogP contribution is 2.29. The third-order valence-electron chi connectivity index (χ3n) is 3.34. The molecule has 1 aromatic rings. The number of amides is 1. The van der Waals surface area contributed by atoms with Crippen LogP contribution in [0, 0.1) is 0 Å². The van der Waals surface area contributed by atoms with Crippen LogP contribution in [0.2, 0.25) is 0 Å². The molecule has 116 valence electrons. The maximum atomic E-state index is 12.4. The predicted molar refractivity (Wildman–Crippen MR) is 81.8 cm³/mol. The van der Waals surface area contributed by atoms with Gasteiger partial charge in [-0.25, -0.2) is 4.98 Å². The Kier molecular flexibility index (Phi) is 5.55. The van der Waals surface area contributed by atoms with Gasteiger partial charge in [-0.1, -0.05) is 13.3 Å². The van der Waals surface area contributed by atoms with E-state index in [9.17, 15) is 9.59 Å². The Morgan fingerprint density at radius 3 is 2.90 bits per heavy atom. The van der Waals surface area contributed by atoms with E-state index in [0.717, 1.165) is 37.4 Å². The van der Waals surface area contributed by atoms with Crippen LogP contribution in [0.4, 0.5) is 5.13 Å². The fourth-order valence-corrected chi connectivity index (χ4v) is 2.74. The molecule has 1 saturated carbocycles. The molecule has 0 radical (unpaired) electrons. The number of aromatic nitrogens is 1. The molecule has 21 heavy (non-hydrogen) atoms. The Balaban J connectivity index is 1.94. The molecule has 1 aliphatic carbocycles. The standard InChI is InChI=1S/C14H21N3O3S/c1-2-3-7-15-14-16-11(9-21-14)13(20)17(10-4-5-10)8-6-12(18)19/h9-10H,2-8H2,1H3,(H,15,16)(H,18,19). The maximum Gasteiger partial charge on any atom is 0.305 e. The molecular formula is C14H21N3O3S. The number of carbonyl (C=O) groups excluding carboxylic acids is 1. The lowest BCUT2D eigenvalue weighted by Gasteiger charge is -2.20. The molecule has 0 aromatic carbocycles. The summed E-state index contributed by atoms with van der Waals surface area (Å²) < 4.78 is 0. The smallest absolute Gasteiger partial charge is 0.305 e. The third kappa shape index (κ3) is 4.70. The molecule has 0 atom stereocenters. The summed E-state index contributed by atoms with van der Waals surface area (Å²) in [5.41, 5.74) is 0.413. The lowest BCUT2D eigenvalue weighted by molar-refractivity contribution is -0.137. The zero-order valence-corrected chi connectivity index (χ0v) is 13.0. The molecule has 1 fully saturated rings. The Hall–Kier alpha value is -1.63. The molecule has 2 N–H and O–H groups in total. The highest BCUT2D eigenvalue weighted by atomic mass is 32.1. The second-order valence-electron chi connectivity index (χ2n) is 5.19. The molecule has 1 aliphatic rings. The summed E-state index contributed by atoms with van der Waals surface area (Å²) in [6, 6.07) is 0.190.